The Labute approximate surface area is 134 Å². The highest BCUT2D eigenvalue weighted by molar-refractivity contribution is 7.65. The lowest BCUT2D eigenvalue weighted by Crippen LogP contribution is -2.12. The molecule has 1 rings (SSSR count). The Morgan fingerprint density at radius 1 is 0.714 bits per heavy atom. The van der Waals surface area contributed by atoms with Crippen LogP contribution < -0.4 is 5.30 Å². The smallest absolute Gasteiger partial charge is 0.0208 e. The number of rotatable bonds is 12. The highest BCUT2D eigenvalue weighted by Gasteiger charge is 2.13. The van der Waals surface area contributed by atoms with Crippen LogP contribution in [0, 0.1) is 0 Å². The van der Waals surface area contributed by atoms with Crippen LogP contribution in [0.4, 0.5) is 0 Å². The standard InChI is InChI=1S/C20H35P/c1-4-7-10-13-18-21(17-9-6-3)20-16-12-11-15-19(20)14-8-5-2/h11-12,15-16H,4-10,13-14,17-18H2,1-3H3. The van der Waals surface area contributed by atoms with Crippen molar-refractivity contribution in [1.82, 2.24) is 0 Å². The van der Waals surface area contributed by atoms with Crippen molar-refractivity contribution >= 4 is 13.2 Å². The lowest BCUT2D eigenvalue weighted by atomic mass is 10.1. The molecule has 0 saturated carbocycles. The van der Waals surface area contributed by atoms with Gasteiger partial charge in [0.15, 0.2) is 0 Å². The fourth-order valence-electron chi connectivity index (χ4n) is 2.83. The van der Waals surface area contributed by atoms with Crippen LogP contribution in [0.15, 0.2) is 24.3 Å². The number of benzene rings is 1. The van der Waals surface area contributed by atoms with Gasteiger partial charge in [-0.1, -0.05) is 85.1 Å². The molecule has 0 aromatic heterocycles. The molecule has 0 saturated heterocycles. The van der Waals surface area contributed by atoms with Gasteiger partial charge < -0.3 is 0 Å². The quantitative estimate of drug-likeness (QED) is 0.305. The van der Waals surface area contributed by atoms with Crippen molar-refractivity contribution < 1.29 is 0 Å². The first-order valence-corrected chi connectivity index (χ1v) is 10.9. The van der Waals surface area contributed by atoms with E-state index in [4.69, 9.17) is 0 Å². The molecule has 1 aromatic carbocycles. The summed E-state index contributed by atoms with van der Waals surface area (Å²) in [5, 5.41) is 1.73. The SMILES string of the molecule is CCCCCCP(CCCC)c1ccccc1CCCC. The first kappa shape index (κ1) is 18.7. The minimum atomic E-state index is 0.0844. The monoisotopic (exact) mass is 306 g/mol. The van der Waals surface area contributed by atoms with E-state index in [-0.39, 0.29) is 7.92 Å². The Bertz CT molecular complexity index is 359. The van der Waals surface area contributed by atoms with Gasteiger partial charge in [0.1, 0.15) is 0 Å². The highest BCUT2D eigenvalue weighted by atomic mass is 31.1. The van der Waals surface area contributed by atoms with Gasteiger partial charge in [-0.2, -0.15) is 0 Å². The third kappa shape index (κ3) is 7.46. The van der Waals surface area contributed by atoms with Crippen LogP contribution in [0.25, 0.3) is 0 Å². The van der Waals surface area contributed by atoms with Crippen molar-refractivity contribution in [3.63, 3.8) is 0 Å². The Kier molecular flexibility index (Phi) is 10.9. The number of hydrogen-bond donors (Lipinski definition) is 0. The van der Waals surface area contributed by atoms with Crippen molar-refractivity contribution in [3.8, 4) is 0 Å². The summed E-state index contributed by atoms with van der Waals surface area (Å²) >= 11 is 0. The van der Waals surface area contributed by atoms with E-state index >= 15 is 0 Å². The fraction of sp³-hybridized carbons (Fsp3) is 0.700. The molecule has 1 atom stereocenters. The molecule has 1 aromatic rings. The molecular formula is C20H35P. The highest BCUT2D eigenvalue weighted by Crippen LogP contribution is 2.38. The van der Waals surface area contributed by atoms with E-state index in [2.05, 4.69) is 45.0 Å². The molecule has 0 radical (unpaired) electrons. The largest absolute Gasteiger partial charge is 0.0750 e. The van der Waals surface area contributed by atoms with Crippen molar-refractivity contribution in [2.75, 3.05) is 12.3 Å². The first-order valence-electron chi connectivity index (χ1n) is 9.16. The normalized spacial score (nSPS) is 12.5. The van der Waals surface area contributed by atoms with Crippen LogP contribution >= 0.6 is 7.92 Å². The zero-order valence-electron chi connectivity index (χ0n) is 14.5. The summed E-state index contributed by atoms with van der Waals surface area (Å²) in [5.74, 6) is 0. The second-order valence-electron chi connectivity index (χ2n) is 6.13. The third-order valence-corrected chi connectivity index (χ3v) is 7.02. The van der Waals surface area contributed by atoms with Gasteiger partial charge in [0.05, 0.1) is 0 Å². The molecule has 0 heterocycles. The molecule has 0 spiro atoms. The van der Waals surface area contributed by atoms with Gasteiger partial charge in [0.2, 0.25) is 0 Å². The predicted molar refractivity (Wildman–Crippen MR) is 100 cm³/mol. The summed E-state index contributed by atoms with van der Waals surface area (Å²) in [5.41, 5.74) is 1.65. The topological polar surface area (TPSA) is 0 Å². The van der Waals surface area contributed by atoms with E-state index in [1.54, 1.807) is 10.9 Å². The molecule has 0 bridgehead atoms. The second-order valence-corrected chi connectivity index (χ2v) is 8.59. The van der Waals surface area contributed by atoms with E-state index in [0.29, 0.717) is 0 Å². The van der Waals surface area contributed by atoms with Crippen molar-refractivity contribution in [2.45, 2.75) is 78.6 Å². The van der Waals surface area contributed by atoms with Gasteiger partial charge >= 0.3 is 0 Å². The average molecular weight is 306 g/mol. The summed E-state index contributed by atoms with van der Waals surface area (Å²) in [6, 6.07) is 9.32. The maximum atomic E-state index is 2.44. The van der Waals surface area contributed by atoms with Gasteiger partial charge in [-0.3, -0.25) is 0 Å². The molecule has 0 aliphatic heterocycles. The van der Waals surface area contributed by atoms with E-state index in [1.807, 2.05) is 0 Å². The maximum Gasteiger partial charge on any atom is -0.0208 e. The zero-order valence-corrected chi connectivity index (χ0v) is 15.4. The van der Waals surface area contributed by atoms with Crippen LogP contribution in [0.5, 0.6) is 0 Å². The lowest BCUT2D eigenvalue weighted by molar-refractivity contribution is 0.704. The van der Waals surface area contributed by atoms with E-state index in [1.165, 1.54) is 70.1 Å². The summed E-state index contributed by atoms with van der Waals surface area (Å²) in [7, 11) is 0.0844. The first-order chi connectivity index (χ1) is 10.3. The summed E-state index contributed by atoms with van der Waals surface area (Å²) < 4.78 is 0. The molecule has 120 valence electrons. The minimum absolute atomic E-state index is 0.0844. The van der Waals surface area contributed by atoms with Crippen LogP contribution in [0.3, 0.4) is 0 Å². The van der Waals surface area contributed by atoms with Gasteiger partial charge in [-0.15, -0.1) is 0 Å². The molecule has 0 aliphatic carbocycles. The lowest BCUT2D eigenvalue weighted by Gasteiger charge is -2.21. The van der Waals surface area contributed by atoms with Gasteiger partial charge in [-0.05, 0) is 48.9 Å². The van der Waals surface area contributed by atoms with Crippen LogP contribution in [0.2, 0.25) is 0 Å². The second kappa shape index (κ2) is 12.2. The zero-order chi connectivity index (χ0) is 15.3. The third-order valence-electron chi connectivity index (χ3n) is 4.20. The summed E-state index contributed by atoms with van der Waals surface area (Å²) in [4.78, 5) is 0. The van der Waals surface area contributed by atoms with Crippen LogP contribution in [0.1, 0.15) is 77.7 Å². The minimum Gasteiger partial charge on any atom is -0.0750 e. The Morgan fingerprint density at radius 2 is 1.38 bits per heavy atom. The molecule has 21 heavy (non-hydrogen) atoms. The summed E-state index contributed by atoms with van der Waals surface area (Å²) in [6.07, 6.45) is 15.2. The van der Waals surface area contributed by atoms with Gasteiger partial charge in [0.25, 0.3) is 0 Å². The molecule has 0 aliphatic rings. The van der Waals surface area contributed by atoms with Crippen molar-refractivity contribution in [3.05, 3.63) is 29.8 Å². The van der Waals surface area contributed by atoms with E-state index in [9.17, 15) is 0 Å². The molecule has 0 fully saturated rings. The Balaban J connectivity index is 2.70. The van der Waals surface area contributed by atoms with Crippen LogP contribution in [-0.4, -0.2) is 12.3 Å². The fourth-order valence-corrected chi connectivity index (χ4v) is 5.73. The molecule has 1 heteroatoms. The van der Waals surface area contributed by atoms with Gasteiger partial charge in [-0.25, -0.2) is 0 Å². The molecule has 1 unspecified atom stereocenters. The molecule has 0 N–H and O–H groups in total. The molecule has 0 amide bonds. The molecular weight excluding hydrogens is 271 g/mol. The summed E-state index contributed by atoms with van der Waals surface area (Å²) in [6.45, 7) is 6.93. The van der Waals surface area contributed by atoms with Crippen molar-refractivity contribution in [1.29, 1.82) is 0 Å². The predicted octanol–water partition coefficient (Wildman–Crippen LogP) is 6.52. The van der Waals surface area contributed by atoms with Gasteiger partial charge in [0, 0.05) is 0 Å². The van der Waals surface area contributed by atoms with Crippen molar-refractivity contribution in [2.24, 2.45) is 0 Å². The number of hydrogen-bond acceptors (Lipinski definition) is 0. The Hall–Kier alpha value is -0.350. The van der Waals surface area contributed by atoms with E-state index < -0.39 is 0 Å². The van der Waals surface area contributed by atoms with E-state index in [0.717, 1.165) is 0 Å². The maximum absolute atomic E-state index is 2.44. The Morgan fingerprint density at radius 3 is 2.10 bits per heavy atom. The van der Waals surface area contributed by atoms with Crippen LogP contribution in [-0.2, 0) is 6.42 Å². The number of aryl methyl sites for hydroxylation is 1. The average Bonchev–Trinajstić information content (AvgIpc) is 2.53. The number of unbranched alkanes of at least 4 members (excludes halogenated alkanes) is 5. The molecule has 0 nitrogen and oxygen atoms in total.